The molecule has 0 radical (unpaired) electrons. The van der Waals surface area contributed by atoms with Gasteiger partial charge in [-0.05, 0) is 30.7 Å². The van der Waals surface area contributed by atoms with Crippen molar-refractivity contribution in [3.8, 4) is 11.8 Å². The summed E-state index contributed by atoms with van der Waals surface area (Å²) < 4.78 is 38.5. The Kier molecular flexibility index (Phi) is 4.59. The summed E-state index contributed by atoms with van der Waals surface area (Å²) in [5.74, 6) is -3.30. The van der Waals surface area contributed by atoms with Crippen LogP contribution in [0.3, 0.4) is 0 Å². The molecule has 11 heteroatoms. The number of phenols is 1. The third kappa shape index (κ3) is 3.61. The predicted octanol–water partition coefficient (Wildman–Crippen LogP) is 0.899. The molecule has 2 heterocycles. The van der Waals surface area contributed by atoms with Gasteiger partial charge in [0.25, 0.3) is 15.9 Å². The molecular weight excluding hydrogens is 377 g/mol. The summed E-state index contributed by atoms with van der Waals surface area (Å²) in [7, 11) is -4.10. The number of amides is 1. The van der Waals surface area contributed by atoms with Crippen molar-refractivity contribution in [2.45, 2.75) is 13.5 Å². The molecule has 0 bridgehead atoms. The van der Waals surface area contributed by atoms with E-state index in [2.05, 4.69) is 10.3 Å². The van der Waals surface area contributed by atoms with E-state index in [-0.39, 0.29) is 6.54 Å². The van der Waals surface area contributed by atoms with Crippen LogP contribution in [-0.2, 0) is 21.4 Å². The molecule has 140 valence electrons. The van der Waals surface area contributed by atoms with Gasteiger partial charge in [-0.15, -0.1) is 0 Å². The molecule has 2 aromatic rings. The second kappa shape index (κ2) is 6.73. The number of hydrazine groups is 1. The Hall–Kier alpha value is -3.39. The molecule has 1 amide bonds. The first-order valence-electron chi connectivity index (χ1n) is 7.66. The Morgan fingerprint density at radius 2 is 2.19 bits per heavy atom. The lowest BCUT2D eigenvalue weighted by Gasteiger charge is -2.19. The Morgan fingerprint density at radius 3 is 2.78 bits per heavy atom. The van der Waals surface area contributed by atoms with Crippen molar-refractivity contribution in [3.05, 3.63) is 47.0 Å². The van der Waals surface area contributed by atoms with Crippen LogP contribution in [0, 0.1) is 24.1 Å². The van der Waals surface area contributed by atoms with Crippen molar-refractivity contribution in [2.24, 2.45) is 0 Å². The topological polar surface area (TPSA) is 135 Å². The number of carbonyl (C=O) groups is 1. The van der Waals surface area contributed by atoms with E-state index in [0.29, 0.717) is 26.9 Å². The monoisotopic (exact) mass is 391 g/mol. The van der Waals surface area contributed by atoms with Gasteiger partial charge in [0.1, 0.15) is 11.8 Å². The van der Waals surface area contributed by atoms with Crippen LogP contribution in [-0.4, -0.2) is 30.2 Å². The van der Waals surface area contributed by atoms with Crippen molar-refractivity contribution >= 4 is 27.3 Å². The zero-order chi connectivity index (χ0) is 19.8. The smallest absolute Gasteiger partial charge is 0.262 e. The van der Waals surface area contributed by atoms with Crippen molar-refractivity contribution in [2.75, 3.05) is 15.5 Å². The average molecular weight is 391 g/mol. The number of anilines is 2. The first kappa shape index (κ1) is 18.4. The lowest BCUT2D eigenvalue weighted by atomic mass is 10.1. The number of hydrogen-bond donors (Lipinski definition) is 3. The number of halogens is 1. The average Bonchev–Trinajstić information content (AvgIpc) is 2.85. The van der Waals surface area contributed by atoms with Crippen LogP contribution >= 0.6 is 0 Å². The minimum absolute atomic E-state index is 0.0828. The third-order valence-electron chi connectivity index (χ3n) is 3.83. The molecule has 1 aromatic heterocycles. The Labute approximate surface area is 154 Å². The van der Waals surface area contributed by atoms with Crippen LogP contribution in [0.1, 0.15) is 16.8 Å². The predicted molar refractivity (Wildman–Crippen MR) is 93.5 cm³/mol. The second-order valence-electron chi connectivity index (χ2n) is 5.82. The zero-order valence-corrected chi connectivity index (χ0v) is 14.8. The van der Waals surface area contributed by atoms with Crippen molar-refractivity contribution < 1.29 is 22.7 Å². The number of aryl methyl sites for hydroxylation is 1. The minimum Gasteiger partial charge on any atom is -0.506 e. The van der Waals surface area contributed by atoms with Crippen molar-refractivity contribution in [3.63, 3.8) is 0 Å². The largest absolute Gasteiger partial charge is 0.506 e. The van der Waals surface area contributed by atoms with E-state index < -0.39 is 38.9 Å². The molecule has 1 saturated heterocycles. The first-order valence-corrected chi connectivity index (χ1v) is 9.26. The van der Waals surface area contributed by atoms with Gasteiger partial charge in [0.05, 0.1) is 23.1 Å². The molecule has 3 N–H and O–H groups in total. The lowest BCUT2D eigenvalue weighted by Crippen LogP contribution is -2.36. The molecular formula is C16H14FN5O4S. The quantitative estimate of drug-likeness (QED) is 0.704. The van der Waals surface area contributed by atoms with Crippen LogP contribution in [0.15, 0.2) is 24.4 Å². The van der Waals surface area contributed by atoms with Gasteiger partial charge in [-0.2, -0.15) is 9.68 Å². The molecule has 1 fully saturated rings. The van der Waals surface area contributed by atoms with Gasteiger partial charge in [0.15, 0.2) is 17.3 Å². The maximum atomic E-state index is 14.4. The number of pyridine rings is 1. The van der Waals surface area contributed by atoms with Gasteiger partial charge in [0, 0.05) is 6.54 Å². The van der Waals surface area contributed by atoms with Gasteiger partial charge in [-0.1, -0.05) is 0 Å². The number of phenolic OH excluding ortho intramolecular Hbond substituents is 1. The van der Waals surface area contributed by atoms with Gasteiger partial charge >= 0.3 is 0 Å². The molecule has 0 aliphatic carbocycles. The van der Waals surface area contributed by atoms with E-state index >= 15 is 0 Å². The molecule has 0 saturated carbocycles. The van der Waals surface area contributed by atoms with Crippen LogP contribution in [0.4, 0.5) is 15.8 Å². The number of carbonyl (C=O) groups excluding carboxylic acids is 1. The van der Waals surface area contributed by atoms with Gasteiger partial charge < -0.3 is 10.4 Å². The summed E-state index contributed by atoms with van der Waals surface area (Å²) in [4.78, 5) is 15.4. The zero-order valence-electron chi connectivity index (χ0n) is 14.0. The number of benzene rings is 1. The van der Waals surface area contributed by atoms with Gasteiger partial charge in [-0.25, -0.2) is 12.8 Å². The summed E-state index contributed by atoms with van der Waals surface area (Å²) in [6.07, 6.45) is 1.51. The highest BCUT2D eigenvalue weighted by atomic mass is 32.2. The number of sulfonamides is 1. The number of rotatable bonds is 4. The van der Waals surface area contributed by atoms with Crippen molar-refractivity contribution in [1.29, 1.82) is 5.26 Å². The molecule has 3 rings (SSSR count). The van der Waals surface area contributed by atoms with E-state index in [1.54, 1.807) is 13.0 Å². The maximum absolute atomic E-state index is 14.4. The Bertz CT molecular complexity index is 1060. The van der Waals surface area contributed by atoms with Gasteiger partial charge in [-0.3, -0.25) is 15.2 Å². The number of nitriles is 1. The molecule has 1 aliphatic heterocycles. The van der Waals surface area contributed by atoms with Crippen molar-refractivity contribution in [1.82, 2.24) is 10.4 Å². The summed E-state index contributed by atoms with van der Waals surface area (Å²) in [5.41, 5.74) is 3.15. The van der Waals surface area contributed by atoms with E-state index in [1.165, 1.54) is 12.3 Å². The summed E-state index contributed by atoms with van der Waals surface area (Å²) in [6.45, 7) is 1.78. The number of aromatic nitrogens is 1. The van der Waals surface area contributed by atoms with E-state index in [0.717, 1.165) is 6.07 Å². The number of aromatic hydroxyl groups is 1. The minimum atomic E-state index is -4.10. The molecule has 0 spiro atoms. The summed E-state index contributed by atoms with van der Waals surface area (Å²) >= 11 is 0. The van der Waals surface area contributed by atoms with Crippen LogP contribution < -0.4 is 15.2 Å². The lowest BCUT2D eigenvalue weighted by molar-refractivity contribution is -0.117. The van der Waals surface area contributed by atoms with Crippen LogP contribution in [0.5, 0.6) is 5.75 Å². The molecule has 0 atom stereocenters. The van der Waals surface area contributed by atoms with Gasteiger partial charge in [0.2, 0.25) is 0 Å². The highest BCUT2D eigenvalue weighted by molar-refractivity contribution is 7.93. The Balaban J connectivity index is 1.83. The SMILES string of the molecule is Cc1ncc(NCc2cc(O)c(N3NC(=O)CS3(=O)=O)c(F)c2)cc1C#N. The second-order valence-corrected chi connectivity index (χ2v) is 7.64. The highest BCUT2D eigenvalue weighted by Gasteiger charge is 2.38. The Morgan fingerprint density at radius 1 is 1.44 bits per heavy atom. The van der Waals surface area contributed by atoms with Crippen LogP contribution in [0.2, 0.25) is 0 Å². The third-order valence-corrected chi connectivity index (χ3v) is 5.29. The first-order chi connectivity index (χ1) is 12.7. The number of nitrogens with zero attached hydrogens (tertiary/aromatic N) is 3. The van der Waals surface area contributed by atoms with E-state index in [4.69, 9.17) is 5.26 Å². The molecule has 0 unspecified atom stereocenters. The number of hydrogen-bond acceptors (Lipinski definition) is 7. The standard InChI is InChI=1S/C16H14FN5O4S/c1-9-11(5-18)4-12(7-19-9)20-6-10-2-13(17)16(14(23)3-10)22-21-15(24)8-27(22,25)26/h2-4,7,20,23H,6,8H2,1H3,(H,21,24). The highest BCUT2D eigenvalue weighted by Crippen LogP contribution is 2.34. The number of nitrogens with one attached hydrogen (secondary N) is 2. The normalized spacial score (nSPS) is 15.3. The molecule has 9 nitrogen and oxygen atoms in total. The van der Waals surface area contributed by atoms with Crippen LogP contribution in [0.25, 0.3) is 0 Å². The molecule has 27 heavy (non-hydrogen) atoms. The summed E-state index contributed by atoms with van der Waals surface area (Å²) in [6, 6.07) is 5.80. The maximum Gasteiger partial charge on any atom is 0.262 e. The fourth-order valence-electron chi connectivity index (χ4n) is 2.53. The fraction of sp³-hybridized carbons (Fsp3) is 0.188. The molecule has 1 aliphatic rings. The fourth-order valence-corrected chi connectivity index (χ4v) is 3.75. The van der Waals surface area contributed by atoms with E-state index in [1.807, 2.05) is 11.5 Å². The van der Waals surface area contributed by atoms with E-state index in [9.17, 15) is 22.7 Å². The summed E-state index contributed by atoms with van der Waals surface area (Å²) in [5, 5.41) is 22.0. The molecule has 1 aromatic carbocycles.